The first-order valence-corrected chi connectivity index (χ1v) is 18.5. The molecule has 0 saturated carbocycles. The lowest BCUT2D eigenvalue weighted by atomic mass is 9.96. The molecule has 0 bridgehead atoms. The molecule has 0 saturated heterocycles. The third kappa shape index (κ3) is 5.21. The quantitative estimate of drug-likeness (QED) is 0.181. The summed E-state index contributed by atoms with van der Waals surface area (Å²) < 4.78 is 2.51. The molecule has 1 aliphatic carbocycles. The average molecular weight is 685 g/mol. The zero-order valence-corrected chi connectivity index (χ0v) is 29.0. The fourth-order valence-corrected chi connectivity index (χ4v) is 8.68. The van der Waals surface area contributed by atoms with E-state index in [1.54, 1.807) is 0 Å². The Balaban J connectivity index is 1.25. The Morgan fingerprint density at radius 2 is 1.08 bits per heavy atom. The van der Waals surface area contributed by atoms with Crippen LogP contribution in [0.3, 0.4) is 0 Å². The van der Waals surface area contributed by atoms with Crippen molar-refractivity contribution in [3.8, 4) is 56.3 Å². The van der Waals surface area contributed by atoms with E-state index in [0.29, 0.717) is 11.6 Å². The van der Waals surface area contributed by atoms with E-state index in [2.05, 4.69) is 144 Å². The van der Waals surface area contributed by atoms with Gasteiger partial charge in [-0.15, -0.1) is 0 Å². The number of aromatic nitrogens is 4. The van der Waals surface area contributed by atoms with Gasteiger partial charge in [0.2, 0.25) is 0 Å². The van der Waals surface area contributed by atoms with E-state index >= 15 is 0 Å². The molecule has 1 atom stereocenters. The van der Waals surface area contributed by atoms with Crippen molar-refractivity contribution in [2.45, 2.75) is 22.1 Å². The molecule has 5 heteroatoms. The SMILES string of the molecule is C1=CC(n2c3c(c4cccc(-c5ccccc5)c42)-c2ccccc2Sc2ccccc2-3)=CC(c2nc(-c3ccccc3)nc(-c3ccccc3)n2)C1. The van der Waals surface area contributed by atoms with E-state index in [-0.39, 0.29) is 5.92 Å². The molecule has 10 rings (SSSR count). The molecule has 4 nitrogen and oxygen atoms in total. The van der Waals surface area contributed by atoms with Crippen LogP contribution in [0.4, 0.5) is 0 Å². The molecular formula is C47H32N4S. The van der Waals surface area contributed by atoms with Gasteiger partial charge in [0.1, 0.15) is 5.82 Å². The minimum absolute atomic E-state index is 0.0624. The molecule has 0 fully saturated rings. The second-order valence-corrected chi connectivity index (χ2v) is 14.2. The number of benzene rings is 6. The number of allylic oxidation sites excluding steroid dienone is 4. The first kappa shape index (κ1) is 30.5. The standard InChI is InChI=1S/C47H32N4S/c1-4-16-31(17-5-1)36-26-15-27-39-42-37-24-10-12-28-40(37)52-41-29-13-11-25-38(41)44(42)51(43(36)39)35-23-14-22-34(30-35)47-49-45(32-18-6-2-7-19-32)48-46(50-47)33-20-8-3-9-21-33/h1-21,23-30,34H,22H2. The van der Waals surface area contributed by atoms with Gasteiger partial charge in [-0.2, -0.15) is 0 Å². The monoisotopic (exact) mass is 684 g/mol. The molecule has 0 N–H and O–H groups in total. The number of rotatable bonds is 5. The fraction of sp³-hybridized carbons (Fsp3) is 0.0426. The van der Waals surface area contributed by atoms with Crippen molar-refractivity contribution < 1.29 is 0 Å². The average Bonchev–Trinajstić information content (AvgIpc) is 3.49. The zero-order valence-electron chi connectivity index (χ0n) is 28.2. The van der Waals surface area contributed by atoms with Crippen LogP contribution in [0.25, 0.3) is 72.9 Å². The third-order valence-electron chi connectivity index (χ3n) is 9.95. The Bertz CT molecular complexity index is 2620. The van der Waals surface area contributed by atoms with Crippen LogP contribution in [-0.4, -0.2) is 19.5 Å². The highest BCUT2D eigenvalue weighted by Gasteiger charge is 2.30. The van der Waals surface area contributed by atoms with Gasteiger partial charge in [-0.1, -0.05) is 163 Å². The first-order valence-electron chi connectivity index (χ1n) is 17.7. The minimum Gasteiger partial charge on any atom is -0.308 e. The molecule has 6 aromatic carbocycles. The van der Waals surface area contributed by atoms with Gasteiger partial charge in [-0.3, -0.25) is 0 Å². The van der Waals surface area contributed by atoms with Gasteiger partial charge < -0.3 is 4.57 Å². The molecular weight excluding hydrogens is 653 g/mol. The van der Waals surface area contributed by atoms with Crippen LogP contribution >= 0.6 is 11.8 Å². The number of hydrogen-bond donors (Lipinski definition) is 0. The van der Waals surface area contributed by atoms with E-state index < -0.39 is 0 Å². The molecule has 0 spiro atoms. The lowest BCUT2D eigenvalue weighted by molar-refractivity contribution is 0.762. The Hall–Kier alpha value is -6.30. The summed E-state index contributed by atoms with van der Waals surface area (Å²) in [5.74, 6) is 2.07. The van der Waals surface area contributed by atoms with Gasteiger partial charge >= 0.3 is 0 Å². The molecule has 0 radical (unpaired) electrons. The van der Waals surface area contributed by atoms with Crippen LogP contribution in [0.1, 0.15) is 18.2 Å². The van der Waals surface area contributed by atoms with Crippen LogP contribution < -0.4 is 0 Å². The highest BCUT2D eigenvalue weighted by molar-refractivity contribution is 7.99. The van der Waals surface area contributed by atoms with Gasteiger partial charge in [-0.25, -0.2) is 15.0 Å². The van der Waals surface area contributed by atoms with Crippen molar-refractivity contribution in [1.29, 1.82) is 0 Å². The van der Waals surface area contributed by atoms with E-state index in [4.69, 9.17) is 15.0 Å². The highest BCUT2D eigenvalue weighted by atomic mass is 32.2. The molecule has 2 aliphatic rings. The van der Waals surface area contributed by atoms with Gasteiger partial charge in [0.15, 0.2) is 11.6 Å². The van der Waals surface area contributed by atoms with Gasteiger partial charge in [-0.05, 0) is 41.8 Å². The van der Waals surface area contributed by atoms with E-state index in [9.17, 15) is 0 Å². The molecule has 8 aromatic rings. The Labute approximate surface area is 306 Å². The topological polar surface area (TPSA) is 43.6 Å². The van der Waals surface area contributed by atoms with E-state index in [0.717, 1.165) is 29.1 Å². The molecule has 0 amide bonds. The van der Waals surface area contributed by atoms with Gasteiger partial charge in [0.05, 0.1) is 11.2 Å². The van der Waals surface area contributed by atoms with Crippen LogP contribution in [0.5, 0.6) is 0 Å². The maximum absolute atomic E-state index is 5.15. The van der Waals surface area contributed by atoms with Crippen molar-refractivity contribution in [3.05, 3.63) is 182 Å². The van der Waals surface area contributed by atoms with Crippen molar-refractivity contribution in [2.75, 3.05) is 0 Å². The maximum atomic E-state index is 5.15. The van der Waals surface area contributed by atoms with Crippen LogP contribution in [0, 0.1) is 0 Å². The van der Waals surface area contributed by atoms with Gasteiger partial charge in [0, 0.05) is 54.6 Å². The summed E-state index contributed by atoms with van der Waals surface area (Å²) in [5.41, 5.74) is 11.6. The summed E-state index contributed by atoms with van der Waals surface area (Å²) in [4.78, 5) is 17.8. The largest absolute Gasteiger partial charge is 0.308 e. The van der Waals surface area contributed by atoms with Crippen molar-refractivity contribution in [1.82, 2.24) is 19.5 Å². The fourth-order valence-electron chi connectivity index (χ4n) is 7.59. The summed E-state index contributed by atoms with van der Waals surface area (Å²) in [7, 11) is 0. The lowest BCUT2D eigenvalue weighted by Gasteiger charge is -2.21. The van der Waals surface area contributed by atoms with Crippen LogP contribution in [-0.2, 0) is 0 Å². The highest BCUT2D eigenvalue weighted by Crippen LogP contribution is 2.53. The van der Waals surface area contributed by atoms with Crippen molar-refractivity contribution >= 4 is 28.4 Å². The third-order valence-corrected chi connectivity index (χ3v) is 11.1. The lowest BCUT2D eigenvalue weighted by Crippen LogP contribution is -2.10. The van der Waals surface area contributed by atoms with Crippen molar-refractivity contribution in [3.63, 3.8) is 0 Å². The second-order valence-electron chi connectivity index (χ2n) is 13.1. The summed E-state index contributed by atoms with van der Waals surface area (Å²) in [5, 5.41) is 1.23. The zero-order chi connectivity index (χ0) is 34.4. The second kappa shape index (κ2) is 12.8. The Morgan fingerprint density at radius 3 is 1.75 bits per heavy atom. The minimum atomic E-state index is -0.0624. The number of nitrogens with zero attached hydrogens (tertiary/aromatic N) is 4. The Morgan fingerprint density at radius 1 is 0.519 bits per heavy atom. The van der Waals surface area contributed by atoms with E-state index in [1.807, 2.05) is 48.2 Å². The van der Waals surface area contributed by atoms with Crippen molar-refractivity contribution in [2.24, 2.45) is 0 Å². The number of fused-ring (bicyclic) bond motifs is 7. The summed E-state index contributed by atoms with van der Waals surface area (Å²) in [6.45, 7) is 0. The van der Waals surface area contributed by atoms with Crippen LogP contribution in [0.15, 0.2) is 186 Å². The normalized spacial score (nSPS) is 14.6. The predicted molar refractivity (Wildman–Crippen MR) is 214 cm³/mol. The summed E-state index contributed by atoms with van der Waals surface area (Å²) in [6.07, 6.45) is 7.72. The van der Waals surface area contributed by atoms with Gasteiger partial charge in [0.25, 0.3) is 0 Å². The first-order chi connectivity index (χ1) is 25.8. The molecule has 3 heterocycles. The number of hydrogen-bond acceptors (Lipinski definition) is 4. The molecule has 2 aromatic heterocycles. The summed E-state index contributed by atoms with van der Waals surface area (Å²) >= 11 is 1.85. The maximum Gasteiger partial charge on any atom is 0.163 e. The van der Waals surface area contributed by atoms with E-state index in [1.165, 1.54) is 54.2 Å². The molecule has 1 aliphatic heterocycles. The van der Waals surface area contributed by atoms with Crippen LogP contribution in [0.2, 0.25) is 0 Å². The molecule has 246 valence electrons. The summed E-state index contributed by atoms with van der Waals surface area (Å²) in [6, 6.07) is 55.6. The Kier molecular flexibility index (Phi) is 7.51. The molecule has 1 unspecified atom stereocenters. The number of para-hydroxylation sites is 1. The smallest absolute Gasteiger partial charge is 0.163 e. The molecule has 52 heavy (non-hydrogen) atoms. The predicted octanol–water partition coefficient (Wildman–Crippen LogP) is 12.2.